The molecule has 0 aromatic rings. The lowest BCUT2D eigenvalue weighted by Crippen LogP contribution is -2.31. The van der Waals surface area contributed by atoms with Gasteiger partial charge in [0.1, 0.15) is 5.66 Å². The predicted octanol–water partition coefficient (Wildman–Crippen LogP) is 2.15. The zero-order valence-corrected chi connectivity index (χ0v) is 11.3. The van der Waals surface area contributed by atoms with Gasteiger partial charge in [0.05, 0.1) is 13.2 Å². The summed E-state index contributed by atoms with van der Waals surface area (Å²) in [6, 6.07) is 0. The van der Waals surface area contributed by atoms with Crippen LogP contribution in [0.2, 0.25) is 0 Å². The quantitative estimate of drug-likeness (QED) is 0.670. The Morgan fingerprint density at radius 1 is 1.25 bits per heavy atom. The molecule has 2 N–H and O–H groups in total. The van der Waals surface area contributed by atoms with Crippen LogP contribution in [-0.2, 0) is 18.4 Å². The molecule has 0 spiro atoms. The summed E-state index contributed by atoms with van der Waals surface area (Å²) in [5.41, 5.74) is 4.41. The average molecular weight is 251 g/mol. The van der Waals surface area contributed by atoms with Crippen LogP contribution in [-0.4, -0.2) is 24.8 Å². The molecular weight excluding hydrogens is 229 g/mol. The summed E-state index contributed by atoms with van der Waals surface area (Å²) < 4.78 is 22.6. The number of amides is 1. The highest BCUT2D eigenvalue weighted by Crippen LogP contribution is 2.54. The lowest BCUT2D eigenvalue weighted by atomic mass is 10.1. The van der Waals surface area contributed by atoms with Crippen molar-refractivity contribution < 1.29 is 18.4 Å². The van der Waals surface area contributed by atoms with E-state index in [1.165, 1.54) is 0 Å². The van der Waals surface area contributed by atoms with Crippen LogP contribution < -0.4 is 5.73 Å². The van der Waals surface area contributed by atoms with Gasteiger partial charge in [0, 0.05) is 0 Å². The average Bonchev–Trinajstić information content (AvgIpc) is 2.14. The molecule has 0 saturated carbocycles. The summed E-state index contributed by atoms with van der Waals surface area (Å²) in [5, 5.41) is 0. The number of hydrogen-bond donors (Lipinski definition) is 1. The van der Waals surface area contributed by atoms with Gasteiger partial charge >= 0.3 is 7.60 Å². The second kappa shape index (κ2) is 7.05. The van der Waals surface area contributed by atoms with Crippen LogP contribution in [0.4, 0.5) is 0 Å². The first kappa shape index (κ1) is 15.6. The molecule has 0 aliphatic rings. The maximum atomic E-state index is 12.3. The van der Waals surface area contributed by atoms with Crippen molar-refractivity contribution in [3.63, 3.8) is 0 Å². The summed E-state index contributed by atoms with van der Waals surface area (Å²) >= 11 is 0. The molecule has 1 unspecified atom stereocenters. The number of carbonyl (C=O) groups is 1. The van der Waals surface area contributed by atoms with Crippen molar-refractivity contribution in [2.45, 2.75) is 39.8 Å². The minimum absolute atomic E-state index is 0.201. The lowest BCUT2D eigenvalue weighted by molar-refractivity contribution is -0.118. The summed E-state index contributed by atoms with van der Waals surface area (Å²) in [6.45, 7) is 7.74. The maximum absolute atomic E-state index is 12.3. The fraction of sp³-hybridized carbons (Fsp3) is 0.900. The third-order valence-electron chi connectivity index (χ3n) is 2.02. The normalized spacial score (nSPS) is 14.1. The third kappa shape index (κ3) is 4.64. The predicted molar refractivity (Wildman–Crippen MR) is 63.3 cm³/mol. The van der Waals surface area contributed by atoms with Crippen molar-refractivity contribution in [2.75, 3.05) is 13.2 Å². The smallest absolute Gasteiger partial charge is 0.343 e. The van der Waals surface area contributed by atoms with E-state index in [1.807, 2.05) is 13.8 Å². The van der Waals surface area contributed by atoms with Crippen molar-refractivity contribution in [3.8, 4) is 0 Å². The van der Waals surface area contributed by atoms with Gasteiger partial charge in [-0.3, -0.25) is 9.36 Å². The summed E-state index contributed by atoms with van der Waals surface area (Å²) in [4.78, 5) is 11.3. The first-order chi connectivity index (χ1) is 7.37. The molecule has 5 nitrogen and oxygen atoms in total. The third-order valence-corrected chi connectivity index (χ3v) is 4.49. The van der Waals surface area contributed by atoms with E-state index >= 15 is 0 Å². The Bertz CT molecular complexity index is 258. The van der Waals surface area contributed by atoms with Gasteiger partial charge in [0.15, 0.2) is 0 Å². The highest BCUT2D eigenvalue weighted by atomic mass is 31.2. The Balaban J connectivity index is 4.93. The zero-order chi connectivity index (χ0) is 12.8. The number of hydrogen-bond acceptors (Lipinski definition) is 4. The molecule has 0 fully saturated rings. The second-order valence-electron chi connectivity index (χ2n) is 3.92. The Hall–Kier alpha value is -0.380. The molecule has 0 aromatic heterocycles. The topological polar surface area (TPSA) is 78.6 Å². The molecule has 0 saturated heterocycles. The highest BCUT2D eigenvalue weighted by Gasteiger charge is 2.39. The Morgan fingerprint density at radius 2 is 1.69 bits per heavy atom. The molecule has 0 bridgehead atoms. The first-order valence-electron chi connectivity index (χ1n) is 5.55. The standard InChI is InChI=1S/C10H22NO4P/c1-5-14-16(13,15-6-2)9(10(11)12)7-8(3)4/h8-9H,5-7H2,1-4H3,(H2,11,12). The van der Waals surface area contributed by atoms with Crippen molar-refractivity contribution >= 4 is 13.5 Å². The Labute approximate surface area is 97.2 Å². The largest absolute Gasteiger partial charge is 0.369 e. The van der Waals surface area contributed by atoms with E-state index in [0.717, 1.165) is 0 Å². The number of carbonyl (C=O) groups excluding carboxylic acids is 1. The zero-order valence-electron chi connectivity index (χ0n) is 10.4. The van der Waals surface area contributed by atoms with Crippen molar-refractivity contribution in [1.82, 2.24) is 0 Å². The molecule has 0 aromatic carbocycles. The molecule has 6 heteroatoms. The van der Waals surface area contributed by atoms with Gasteiger partial charge in [-0.2, -0.15) is 0 Å². The Morgan fingerprint density at radius 3 is 1.94 bits per heavy atom. The van der Waals surface area contributed by atoms with Gasteiger partial charge < -0.3 is 14.8 Å². The summed E-state index contributed by atoms with van der Waals surface area (Å²) in [6.07, 6.45) is 0.409. The second-order valence-corrected chi connectivity index (χ2v) is 6.14. The van der Waals surface area contributed by atoms with E-state index < -0.39 is 19.2 Å². The molecule has 16 heavy (non-hydrogen) atoms. The highest BCUT2D eigenvalue weighted by molar-refractivity contribution is 7.55. The van der Waals surface area contributed by atoms with E-state index in [2.05, 4.69) is 0 Å². The van der Waals surface area contributed by atoms with Gasteiger partial charge in [-0.25, -0.2) is 0 Å². The number of rotatable bonds is 8. The summed E-state index contributed by atoms with van der Waals surface area (Å²) in [7, 11) is -3.41. The lowest BCUT2D eigenvalue weighted by Gasteiger charge is -2.25. The van der Waals surface area contributed by atoms with Crippen molar-refractivity contribution in [2.24, 2.45) is 11.7 Å². The van der Waals surface area contributed by atoms with Crippen LogP contribution in [0.25, 0.3) is 0 Å². The van der Waals surface area contributed by atoms with Gasteiger partial charge in [0.25, 0.3) is 0 Å². The van der Waals surface area contributed by atoms with E-state index in [0.29, 0.717) is 6.42 Å². The van der Waals surface area contributed by atoms with Gasteiger partial charge in [-0.05, 0) is 26.2 Å². The van der Waals surface area contributed by atoms with Crippen LogP contribution in [0, 0.1) is 5.92 Å². The van der Waals surface area contributed by atoms with Gasteiger partial charge in [-0.1, -0.05) is 13.8 Å². The minimum Gasteiger partial charge on any atom is -0.369 e. The first-order valence-corrected chi connectivity index (χ1v) is 7.16. The van der Waals surface area contributed by atoms with Gasteiger partial charge in [-0.15, -0.1) is 0 Å². The Kier molecular flexibility index (Phi) is 6.88. The minimum atomic E-state index is -3.41. The monoisotopic (exact) mass is 251 g/mol. The van der Waals surface area contributed by atoms with E-state index in [-0.39, 0.29) is 19.1 Å². The van der Waals surface area contributed by atoms with Crippen LogP contribution in [0.5, 0.6) is 0 Å². The van der Waals surface area contributed by atoms with Crippen LogP contribution in [0.15, 0.2) is 0 Å². The fourth-order valence-electron chi connectivity index (χ4n) is 1.42. The van der Waals surface area contributed by atoms with Crippen LogP contribution in [0.1, 0.15) is 34.1 Å². The molecule has 0 aliphatic heterocycles. The molecule has 0 aliphatic carbocycles. The molecule has 0 heterocycles. The van der Waals surface area contributed by atoms with E-state index in [4.69, 9.17) is 14.8 Å². The molecule has 96 valence electrons. The van der Waals surface area contributed by atoms with Crippen LogP contribution >= 0.6 is 7.60 Å². The van der Waals surface area contributed by atoms with Gasteiger partial charge in [0.2, 0.25) is 5.91 Å². The summed E-state index contributed by atoms with van der Waals surface area (Å²) in [5.74, 6) is -0.425. The van der Waals surface area contributed by atoms with Crippen molar-refractivity contribution in [1.29, 1.82) is 0 Å². The van der Waals surface area contributed by atoms with Crippen LogP contribution in [0.3, 0.4) is 0 Å². The molecule has 1 atom stereocenters. The molecule has 0 radical (unpaired) electrons. The SMILES string of the molecule is CCOP(=O)(OCC)C(CC(C)C)C(N)=O. The van der Waals surface area contributed by atoms with Crippen molar-refractivity contribution in [3.05, 3.63) is 0 Å². The number of nitrogens with two attached hydrogens (primary N) is 1. The fourth-order valence-corrected chi connectivity index (χ4v) is 3.57. The molecular formula is C10H22NO4P. The number of primary amides is 1. The van der Waals surface area contributed by atoms with E-state index in [9.17, 15) is 9.36 Å². The maximum Gasteiger partial charge on any atom is 0.343 e. The van der Waals surface area contributed by atoms with E-state index in [1.54, 1.807) is 13.8 Å². The molecule has 0 rings (SSSR count). The molecule has 1 amide bonds.